The van der Waals surface area contributed by atoms with E-state index in [1.807, 2.05) is 44.2 Å². The summed E-state index contributed by atoms with van der Waals surface area (Å²) in [5, 5.41) is 0. The van der Waals surface area contributed by atoms with Crippen LogP contribution in [-0.4, -0.2) is 17.8 Å². The molecular formula is C12H16O2S. The number of carbonyl (C=O) groups is 1. The van der Waals surface area contributed by atoms with Crippen molar-refractivity contribution >= 4 is 17.7 Å². The number of hydrogen-bond donors (Lipinski definition) is 0. The predicted octanol–water partition coefficient (Wildman–Crippen LogP) is 3.12. The number of hydrogen-bond acceptors (Lipinski definition) is 3. The molecule has 0 aliphatic rings. The smallest absolute Gasteiger partial charge is 0.306 e. The van der Waals surface area contributed by atoms with Gasteiger partial charge in [-0.3, -0.25) is 4.79 Å². The highest BCUT2D eigenvalue weighted by molar-refractivity contribution is 8.00. The van der Waals surface area contributed by atoms with Crippen molar-refractivity contribution in [3.05, 3.63) is 30.3 Å². The van der Waals surface area contributed by atoms with E-state index in [9.17, 15) is 4.79 Å². The van der Waals surface area contributed by atoms with E-state index in [4.69, 9.17) is 0 Å². The zero-order valence-corrected chi connectivity index (χ0v) is 10.1. The Balaban J connectivity index is 2.60. The molecule has 0 saturated heterocycles. The second-order valence-corrected chi connectivity index (χ2v) is 5.71. The van der Waals surface area contributed by atoms with Crippen molar-refractivity contribution in [3.8, 4) is 0 Å². The van der Waals surface area contributed by atoms with Crippen molar-refractivity contribution in [1.29, 1.82) is 0 Å². The van der Waals surface area contributed by atoms with Gasteiger partial charge in [0.05, 0.1) is 13.5 Å². The molecule has 0 heterocycles. The maximum absolute atomic E-state index is 11.2. The van der Waals surface area contributed by atoms with Gasteiger partial charge in [-0.25, -0.2) is 0 Å². The highest BCUT2D eigenvalue weighted by Crippen LogP contribution is 2.34. The van der Waals surface area contributed by atoms with Gasteiger partial charge in [0.15, 0.2) is 0 Å². The zero-order valence-electron chi connectivity index (χ0n) is 9.32. The molecule has 0 aliphatic heterocycles. The third kappa shape index (κ3) is 4.38. The van der Waals surface area contributed by atoms with E-state index in [1.165, 1.54) is 12.0 Å². The van der Waals surface area contributed by atoms with E-state index >= 15 is 0 Å². The lowest BCUT2D eigenvalue weighted by molar-refractivity contribution is -0.141. The molecule has 0 radical (unpaired) electrons. The molecule has 1 aromatic rings. The van der Waals surface area contributed by atoms with Crippen molar-refractivity contribution < 1.29 is 9.53 Å². The zero-order chi connectivity index (χ0) is 11.3. The van der Waals surface area contributed by atoms with E-state index in [0.717, 1.165) is 0 Å². The first kappa shape index (κ1) is 12.1. The number of esters is 1. The first-order valence-corrected chi connectivity index (χ1v) is 5.66. The van der Waals surface area contributed by atoms with Crippen LogP contribution in [0.4, 0.5) is 0 Å². The summed E-state index contributed by atoms with van der Waals surface area (Å²) in [7, 11) is 1.42. The fourth-order valence-electron chi connectivity index (χ4n) is 1.26. The van der Waals surface area contributed by atoms with Crippen molar-refractivity contribution in [1.82, 2.24) is 0 Å². The van der Waals surface area contributed by atoms with Gasteiger partial charge in [-0.2, -0.15) is 0 Å². The number of ether oxygens (including phenoxy) is 1. The van der Waals surface area contributed by atoms with E-state index in [-0.39, 0.29) is 10.7 Å². The molecule has 1 rings (SSSR count). The van der Waals surface area contributed by atoms with Crippen LogP contribution in [0.25, 0.3) is 0 Å². The molecule has 1 aromatic carbocycles. The summed E-state index contributed by atoms with van der Waals surface area (Å²) in [4.78, 5) is 12.4. The summed E-state index contributed by atoms with van der Waals surface area (Å²) in [6.45, 7) is 4.09. The third-order valence-electron chi connectivity index (χ3n) is 1.94. The van der Waals surface area contributed by atoms with Crippen LogP contribution in [0.1, 0.15) is 20.3 Å². The highest BCUT2D eigenvalue weighted by Gasteiger charge is 2.23. The predicted molar refractivity (Wildman–Crippen MR) is 63.0 cm³/mol. The van der Waals surface area contributed by atoms with Gasteiger partial charge >= 0.3 is 5.97 Å². The number of benzene rings is 1. The monoisotopic (exact) mass is 224 g/mol. The number of methoxy groups -OCH3 is 1. The molecule has 3 heteroatoms. The summed E-state index contributed by atoms with van der Waals surface area (Å²) in [5.41, 5.74) is 0. The van der Waals surface area contributed by atoms with Crippen LogP contribution in [0.15, 0.2) is 35.2 Å². The van der Waals surface area contributed by atoms with Crippen LogP contribution in [0, 0.1) is 0 Å². The minimum atomic E-state index is -0.163. The Kier molecular flexibility index (Phi) is 4.21. The van der Waals surface area contributed by atoms with Gasteiger partial charge in [0, 0.05) is 9.64 Å². The Bertz CT molecular complexity index is 320. The summed E-state index contributed by atoms with van der Waals surface area (Å²) in [5.74, 6) is -0.163. The van der Waals surface area contributed by atoms with Crippen molar-refractivity contribution in [3.63, 3.8) is 0 Å². The van der Waals surface area contributed by atoms with Crippen LogP contribution in [-0.2, 0) is 9.53 Å². The second-order valence-electron chi connectivity index (χ2n) is 3.93. The van der Waals surface area contributed by atoms with Gasteiger partial charge < -0.3 is 4.74 Å². The van der Waals surface area contributed by atoms with Gasteiger partial charge in [-0.1, -0.05) is 18.2 Å². The second kappa shape index (κ2) is 5.21. The van der Waals surface area contributed by atoms with Crippen LogP contribution < -0.4 is 0 Å². The van der Waals surface area contributed by atoms with Crippen LogP contribution >= 0.6 is 11.8 Å². The molecule has 0 aliphatic carbocycles. The number of thioether (sulfide) groups is 1. The number of carbonyl (C=O) groups excluding carboxylic acids is 1. The standard InChI is InChI=1S/C12H16O2S/c1-12(2,9-11(13)14-3)15-10-7-5-4-6-8-10/h4-8H,9H2,1-3H3. The molecule has 0 bridgehead atoms. The summed E-state index contributed by atoms with van der Waals surface area (Å²) < 4.78 is 4.54. The first-order valence-electron chi connectivity index (χ1n) is 4.84. The molecule has 2 nitrogen and oxygen atoms in total. The Morgan fingerprint density at radius 3 is 2.47 bits per heavy atom. The molecular weight excluding hydrogens is 208 g/mol. The van der Waals surface area contributed by atoms with E-state index in [1.54, 1.807) is 11.8 Å². The fourth-order valence-corrected chi connectivity index (χ4v) is 2.38. The van der Waals surface area contributed by atoms with Gasteiger partial charge in [0.1, 0.15) is 0 Å². The minimum Gasteiger partial charge on any atom is -0.469 e. The maximum atomic E-state index is 11.2. The lowest BCUT2D eigenvalue weighted by Crippen LogP contribution is -2.20. The van der Waals surface area contributed by atoms with Crippen molar-refractivity contribution in [2.75, 3.05) is 7.11 Å². The van der Waals surface area contributed by atoms with E-state index in [2.05, 4.69) is 4.74 Å². The Morgan fingerprint density at radius 1 is 1.33 bits per heavy atom. The Labute approximate surface area is 95.0 Å². The van der Waals surface area contributed by atoms with Crippen LogP contribution in [0.5, 0.6) is 0 Å². The fraction of sp³-hybridized carbons (Fsp3) is 0.417. The van der Waals surface area contributed by atoms with Crippen LogP contribution in [0.3, 0.4) is 0 Å². The summed E-state index contributed by atoms with van der Waals surface area (Å²) in [6, 6.07) is 10.1. The quantitative estimate of drug-likeness (QED) is 0.580. The molecule has 0 unspecified atom stereocenters. The molecule has 0 N–H and O–H groups in total. The molecule has 0 aromatic heterocycles. The normalized spacial score (nSPS) is 11.1. The summed E-state index contributed by atoms with van der Waals surface area (Å²) >= 11 is 1.69. The lowest BCUT2D eigenvalue weighted by Gasteiger charge is -2.22. The molecule has 0 spiro atoms. The average molecular weight is 224 g/mol. The van der Waals surface area contributed by atoms with E-state index < -0.39 is 0 Å². The molecule has 15 heavy (non-hydrogen) atoms. The Hall–Kier alpha value is -0.960. The SMILES string of the molecule is COC(=O)CC(C)(C)Sc1ccccc1. The topological polar surface area (TPSA) is 26.3 Å². The molecule has 0 amide bonds. The minimum absolute atomic E-state index is 0.131. The first-order chi connectivity index (χ1) is 7.03. The molecule has 0 saturated carbocycles. The Morgan fingerprint density at radius 2 is 1.93 bits per heavy atom. The van der Waals surface area contributed by atoms with E-state index in [0.29, 0.717) is 6.42 Å². The maximum Gasteiger partial charge on any atom is 0.306 e. The summed E-state index contributed by atoms with van der Waals surface area (Å²) in [6.07, 6.45) is 0.420. The van der Waals surface area contributed by atoms with Crippen molar-refractivity contribution in [2.24, 2.45) is 0 Å². The average Bonchev–Trinajstić information content (AvgIpc) is 2.17. The van der Waals surface area contributed by atoms with Gasteiger partial charge in [0.2, 0.25) is 0 Å². The van der Waals surface area contributed by atoms with Crippen LogP contribution in [0.2, 0.25) is 0 Å². The largest absolute Gasteiger partial charge is 0.469 e. The lowest BCUT2D eigenvalue weighted by atomic mass is 10.1. The molecule has 82 valence electrons. The van der Waals surface area contributed by atoms with Gasteiger partial charge in [-0.05, 0) is 26.0 Å². The molecule has 0 atom stereocenters. The number of rotatable bonds is 4. The van der Waals surface area contributed by atoms with Gasteiger partial charge in [-0.15, -0.1) is 11.8 Å². The third-order valence-corrected chi connectivity index (χ3v) is 3.14. The molecule has 0 fully saturated rings. The van der Waals surface area contributed by atoms with Gasteiger partial charge in [0.25, 0.3) is 0 Å². The highest BCUT2D eigenvalue weighted by atomic mass is 32.2. The van der Waals surface area contributed by atoms with Crippen molar-refractivity contribution in [2.45, 2.75) is 29.9 Å².